The highest BCUT2D eigenvalue weighted by atomic mass is 16.5. The van der Waals surface area contributed by atoms with E-state index in [1.165, 1.54) is 0 Å². The van der Waals surface area contributed by atoms with Gasteiger partial charge in [-0.1, -0.05) is 30.3 Å². The second-order valence-electron chi connectivity index (χ2n) is 4.89. The molecule has 1 saturated heterocycles. The van der Waals surface area contributed by atoms with Crippen LogP contribution >= 0.6 is 0 Å². The Hall–Kier alpha value is -1.39. The van der Waals surface area contributed by atoms with E-state index >= 15 is 0 Å². The van der Waals surface area contributed by atoms with Crippen molar-refractivity contribution >= 4 is 5.91 Å². The van der Waals surface area contributed by atoms with Crippen molar-refractivity contribution in [2.24, 2.45) is 5.92 Å². The summed E-state index contributed by atoms with van der Waals surface area (Å²) in [6, 6.07) is 9.51. The molecule has 1 fully saturated rings. The largest absolute Gasteiger partial charge is 0.388 e. The number of hydrogen-bond donors (Lipinski definition) is 2. The Labute approximate surface area is 113 Å². The molecule has 0 saturated carbocycles. The van der Waals surface area contributed by atoms with Gasteiger partial charge < -0.3 is 15.2 Å². The van der Waals surface area contributed by atoms with E-state index in [0.717, 1.165) is 18.4 Å². The Kier molecular flexibility index (Phi) is 5.36. The van der Waals surface area contributed by atoms with Crippen molar-refractivity contribution in [3.8, 4) is 0 Å². The standard InChI is InChI=1S/C15H21NO3/c17-14(12-4-2-1-3-5-12)6-9-16-15(18)13-7-10-19-11-8-13/h1-5,13-14,17H,6-11H2,(H,16,18). The Balaban J connectivity index is 1.69. The third-order valence-corrected chi connectivity index (χ3v) is 3.49. The van der Waals surface area contributed by atoms with Gasteiger partial charge in [-0.05, 0) is 24.8 Å². The Morgan fingerprint density at radius 1 is 1.32 bits per heavy atom. The molecule has 4 nitrogen and oxygen atoms in total. The Morgan fingerprint density at radius 3 is 2.68 bits per heavy atom. The van der Waals surface area contributed by atoms with Crippen molar-refractivity contribution in [2.75, 3.05) is 19.8 Å². The van der Waals surface area contributed by atoms with Gasteiger partial charge in [0.15, 0.2) is 0 Å². The maximum absolute atomic E-state index is 11.9. The molecule has 4 heteroatoms. The molecule has 1 aliphatic rings. The molecule has 2 rings (SSSR count). The lowest BCUT2D eigenvalue weighted by Gasteiger charge is -2.21. The first kappa shape index (κ1) is 14.0. The predicted molar refractivity (Wildman–Crippen MR) is 72.6 cm³/mol. The van der Waals surface area contributed by atoms with Crippen molar-refractivity contribution < 1.29 is 14.6 Å². The molecule has 1 heterocycles. The fourth-order valence-corrected chi connectivity index (χ4v) is 2.28. The van der Waals surface area contributed by atoms with Crippen LogP contribution in [-0.2, 0) is 9.53 Å². The van der Waals surface area contributed by atoms with Gasteiger partial charge >= 0.3 is 0 Å². The molecule has 1 atom stereocenters. The second kappa shape index (κ2) is 7.26. The molecular formula is C15H21NO3. The van der Waals surface area contributed by atoms with Gasteiger partial charge in [-0.3, -0.25) is 4.79 Å². The number of nitrogens with one attached hydrogen (secondary N) is 1. The molecule has 0 aliphatic carbocycles. The van der Waals surface area contributed by atoms with Gasteiger partial charge in [0.1, 0.15) is 0 Å². The summed E-state index contributed by atoms with van der Waals surface area (Å²) in [5, 5.41) is 12.9. The van der Waals surface area contributed by atoms with Crippen LogP contribution in [0.3, 0.4) is 0 Å². The van der Waals surface area contributed by atoms with Gasteiger partial charge in [-0.2, -0.15) is 0 Å². The molecule has 2 N–H and O–H groups in total. The molecule has 1 aromatic rings. The van der Waals surface area contributed by atoms with E-state index in [1.54, 1.807) is 0 Å². The highest BCUT2D eigenvalue weighted by Gasteiger charge is 2.21. The molecule has 1 amide bonds. The van der Waals surface area contributed by atoms with Gasteiger partial charge in [0.05, 0.1) is 6.10 Å². The van der Waals surface area contributed by atoms with Crippen LogP contribution in [0.4, 0.5) is 0 Å². The number of ether oxygens (including phenoxy) is 1. The number of benzene rings is 1. The maximum atomic E-state index is 11.9. The monoisotopic (exact) mass is 263 g/mol. The van der Waals surface area contributed by atoms with Crippen LogP contribution in [0.2, 0.25) is 0 Å². The summed E-state index contributed by atoms with van der Waals surface area (Å²) in [5.74, 6) is 0.158. The molecular weight excluding hydrogens is 242 g/mol. The Bertz CT molecular complexity index is 388. The molecule has 19 heavy (non-hydrogen) atoms. The van der Waals surface area contributed by atoms with Crippen LogP contribution in [0.5, 0.6) is 0 Å². The van der Waals surface area contributed by atoms with Crippen molar-refractivity contribution in [1.82, 2.24) is 5.32 Å². The molecule has 1 unspecified atom stereocenters. The summed E-state index contributed by atoms with van der Waals surface area (Å²) >= 11 is 0. The van der Waals surface area contributed by atoms with Gasteiger partial charge in [-0.15, -0.1) is 0 Å². The SMILES string of the molecule is O=C(NCCC(O)c1ccccc1)C1CCOCC1. The average Bonchev–Trinajstić information content (AvgIpc) is 2.49. The number of carbonyl (C=O) groups excluding carboxylic acids is 1. The van der Waals surface area contributed by atoms with E-state index in [9.17, 15) is 9.90 Å². The number of aliphatic hydroxyl groups excluding tert-OH is 1. The summed E-state index contributed by atoms with van der Waals surface area (Å²) in [7, 11) is 0. The van der Waals surface area contributed by atoms with Crippen LogP contribution in [0.15, 0.2) is 30.3 Å². The van der Waals surface area contributed by atoms with E-state index in [0.29, 0.717) is 26.2 Å². The van der Waals surface area contributed by atoms with Crippen LogP contribution in [0, 0.1) is 5.92 Å². The topological polar surface area (TPSA) is 58.6 Å². The number of hydrogen-bond acceptors (Lipinski definition) is 3. The first-order valence-electron chi connectivity index (χ1n) is 6.86. The van der Waals surface area contributed by atoms with E-state index < -0.39 is 6.10 Å². The van der Waals surface area contributed by atoms with Crippen molar-refractivity contribution in [3.63, 3.8) is 0 Å². The molecule has 0 spiro atoms. The van der Waals surface area contributed by atoms with Gasteiger partial charge in [0.25, 0.3) is 0 Å². The lowest BCUT2D eigenvalue weighted by atomic mass is 9.99. The van der Waals surface area contributed by atoms with Crippen LogP contribution in [0.25, 0.3) is 0 Å². The van der Waals surface area contributed by atoms with E-state index in [-0.39, 0.29) is 11.8 Å². The fraction of sp³-hybridized carbons (Fsp3) is 0.533. The summed E-state index contributed by atoms with van der Waals surface area (Å²) in [6.45, 7) is 1.85. The Morgan fingerprint density at radius 2 is 2.00 bits per heavy atom. The minimum Gasteiger partial charge on any atom is -0.388 e. The molecule has 1 aliphatic heterocycles. The van der Waals surface area contributed by atoms with Crippen LogP contribution < -0.4 is 5.32 Å². The zero-order valence-electron chi connectivity index (χ0n) is 11.0. The summed E-state index contributed by atoms with van der Waals surface area (Å²) in [4.78, 5) is 11.9. The minimum atomic E-state index is -0.517. The number of rotatable bonds is 5. The van der Waals surface area contributed by atoms with Crippen LogP contribution in [-0.4, -0.2) is 30.8 Å². The summed E-state index contributed by atoms with van der Waals surface area (Å²) in [6.07, 6.45) is 1.62. The lowest BCUT2D eigenvalue weighted by molar-refractivity contribution is -0.127. The molecule has 0 aromatic heterocycles. The highest BCUT2D eigenvalue weighted by molar-refractivity contribution is 5.78. The maximum Gasteiger partial charge on any atom is 0.223 e. The molecule has 104 valence electrons. The quantitative estimate of drug-likeness (QED) is 0.849. The highest BCUT2D eigenvalue weighted by Crippen LogP contribution is 2.16. The summed E-state index contributed by atoms with van der Waals surface area (Å²) in [5.41, 5.74) is 0.891. The average molecular weight is 263 g/mol. The van der Waals surface area contributed by atoms with Crippen LogP contribution in [0.1, 0.15) is 30.9 Å². The zero-order chi connectivity index (χ0) is 13.5. The minimum absolute atomic E-state index is 0.0719. The van der Waals surface area contributed by atoms with Gasteiger partial charge in [0.2, 0.25) is 5.91 Å². The first-order chi connectivity index (χ1) is 9.27. The van der Waals surface area contributed by atoms with E-state index in [2.05, 4.69) is 5.32 Å². The third kappa shape index (κ3) is 4.33. The van der Waals surface area contributed by atoms with E-state index in [1.807, 2.05) is 30.3 Å². The lowest BCUT2D eigenvalue weighted by Crippen LogP contribution is -2.35. The zero-order valence-corrected chi connectivity index (χ0v) is 11.0. The first-order valence-corrected chi connectivity index (χ1v) is 6.86. The number of amides is 1. The molecule has 0 bridgehead atoms. The smallest absolute Gasteiger partial charge is 0.223 e. The van der Waals surface area contributed by atoms with Crippen molar-refractivity contribution in [3.05, 3.63) is 35.9 Å². The van der Waals surface area contributed by atoms with Gasteiger partial charge in [-0.25, -0.2) is 0 Å². The van der Waals surface area contributed by atoms with Crippen molar-refractivity contribution in [2.45, 2.75) is 25.4 Å². The second-order valence-corrected chi connectivity index (χ2v) is 4.89. The molecule has 0 radical (unpaired) electrons. The van der Waals surface area contributed by atoms with Crippen molar-refractivity contribution in [1.29, 1.82) is 0 Å². The fourth-order valence-electron chi connectivity index (χ4n) is 2.28. The number of aliphatic hydroxyl groups is 1. The third-order valence-electron chi connectivity index (χ3n) is 3.49. The number of carbonyl (C=O) groups is 1. The van der Waals surface area contributed by atoms with Gasteiger partial charge in [0, 0.05) is 25.7 Å². The summed E-state index contributed by atoms with van der Waals surface area (Å²) < 4.78 is 5.23. The predicted octanol–water partition coefficient (Wildman–Crippen LogP) is 1.65. The van der Waals surface area contributed by atoms with E-state index in [4.69, 9.17) is 4.74 Å². The normalized spacial score (nSPS) is 17.9. The molecule has 1 aromatic carbocycles.